The number of fused-ring (bicyclic) bond motifs is 1. The van der Waals surface area contributed by atoms with Crippen LogP contribution in [0.5, 0.6) is 0 Å². The Bertz CT molecular complexity index is 703. The van der Waals surface area contributed by atoms with Crippen LogP contribution in [-0.4, -0.2) is 11.4 Å². The van der Waals surface area contributed by atoms with E-state index in [1.165, 1.54) is 29.5 Å². The van der Waals surface area contributed by atoms with Crippen molar-refractivity contribution in [3.8, 4) is 11.8 Å². The summed E-state index contributed by atoms with van der Waals surface area (Å²) in [5.74, 6) is 7.74. The van der Waals surface area contributed by atoms with Crippen LogP contribution in [0.1, 0.15) is 35.6 Å². The number of hydrogen-bond acceptors (Lipinski definition) is 1. The summed E-state index contributed by atoms with van der Waals surface area (Å²) >= 11 is 0. The highest BCUT2D eigenvalue weighted by Gasteiger charge is 2.26. The maximum absolute atomic E-state index is 3.59. The predicted molar refractivity (Wildman–Crippen MR) is 90.2 cm³/mol. The zero-order valence-corrected chi connectivity index (χ0v) is 12.8. The average Bonchev–Trinajstić information content (AvgIpc) is 3.39. The van der Waals surface area contributed by atoms with Gasteiger partial charge in [-0.05, 0) is 36.0 Å². The Labute approximate surface area is 133 Å². The summed E-state index contributed by atoms with van der Waals surface area (Å²) in [5.41, 5.74) is 4.26. The van der Waals surface area contributed by atoms with Crippen LogP contribution in [0.15, 0.2) is 54.6 Å². The molecule has 0 saturated heterocycles. The summed E-state index contributed by atoms with van der Waals surface area (Å²) in [6.45, 7) is 2.08. The first-order valence-electron chi connectivity index (χ1n) is 8.27. The second-order valence-corrected chi connectivity index (χ2v) is 6.37. The monoisotopic (exact) mass is 287 g/mol. The average molecular weight is 287 g/mol. The highest BCUT2D eigenvalue weighted by atomic mass is 15.2. The second kappa shape index (κ2) is 5.99. The maximum atomic E-state index is 3.59. The third-order valence-corrected chi connectivity index (χ3v) is 4.61. The minimum absolute atomic E-state index is 0.255. The number of hydrogen-bond donors (Lipinski definition) is 0. The van der Waals surface area contributed by atoms with E-state index in [0.29, 0.717) is 5.92 Å². The van der Waals surface area contributed by atoms with Crippen LogP contribution < -0.4 is 0 Å². The van der Waals surface area contributed by atoms with E-state index in [1.807, 2.05) is 0 Å². The molecule has 0 aromatic heterocycles. The zero-order valence-electron chi connectivity index (χ0n) is 12.8. The van der Waals surface area contributed by atoms with E-state index in [1.54, 1.807) is 0 Å². The van der Waals surface area contributed by atoms with Crippen LogP contribution in [0.2, 0.25) is 0 Å². The Hall–Kier alpha value is -2.04. The largest absolute Gasteiger partial charge is 0.281 e. The third-order valence-electron chi connectivity index (χ3n) is 4.61. The quantitative estimate of drug-likeness (QED) is 0.748. The SMILES string of the molecule is C(#CC1c2ccccc2CCN1Cc1ccccc1)C1CC1. The molecule has 1 heteroatoms. The van der Waals surface area contributed by atoms with Gasteiger partial charge >= 0.3 is 0 Å². The Kier molecular flexibility index (Phi) is 3.70. The van der Waals surface area contributed by atoms with E-state index < -0.39 is 0 Å². The van der Waals surface area contributed by atoms with Crippen molar-refractivity contribution in [1.29, 1.82) is 0 Å². The van der Waals surface area contributed by atoms with Crippen molar-refractivity contribution in [1.82, 2.24) is 4.90 Å². The number of rotatable bonds is 2. The van der Waals surface area contributed by atoms with Crippen LogP contribution in [-0.2, 0) is 13.0 Å². The predicted octanol–water partition coefficient (Wildman–Crippen LogP) is 4.20. The lowest BCUT2D eigenvalue weighted by Gasteiger charge is -2.34. The molecule has 110 valence electrons. The van der Waals surface area contributed by atoms with Gasteiger partial charge in [0.1, 0.15) is 0 Å². The molecule has 1 aliphatic carbocycles. The first-order valence-corrected chi connectivity index (χ1v) is 8.27. The third kappa shape index (κ3) is 2.93. The Morgan fingerprint density at radius 2 is 1.68 bits per heavy atom. The summed E-state index contributed by atoms with van der Waals surface area (Å²) in [6.07, 6.45) is 3.71. The van der Waals surface area contributed by atoms with Gasteiger partial charge in [-0.15, -0.1) is 0 Å². The molecule has 0 amide bonds. The molecule has 1 heterocycles. The van der Waals surface area contributed by atoms with E-state index in [9.17, 15) is 0 Å². The van der Waals surface area contributed by atoms with Gasteiger partial charge < -0.3 is 0 Å². The van der Waals surface area contributed by atoms with Gasteiger partial charge in [-0.3, -0.25) is 4.90 Å². The molecule has 1 atom stereocenters. The molecule has 1 aliphatic heterocycles. The number of nitrogens with zero attached hydrogens (tertiary/aromatic N) is 1. The van der Waals surface area contributed by atoms with Gasteiger partial charge in [-0.25, -0.2) is 0 Å². The molecule has 0 N–H and O–H groups in total. The van der Waals surface area contributed by atoms with Crippen LogP contribution >= 0.6 is 0 Å². The highest BCUT2D eigenvalue weighted by Crippen LogP contribution is 2.32. The van der Waals surface area contributed by atoms with Crippen LogP contribution in [0.4, 0.5) is 0 Å². The molecule has 2 aliphatic rings. The Balaban J connectivity index is 1.64. The molecule has 1 unspecified atom stereocenters. The topological polar surface area (TPSA) is 3.24 Å². The summed E-state index contributed by atoms with van der Waals surface area (Å²) in [7, 11) is 0. The normalized spacial score (nSPS) is 20.8. The lowest BCUT2D eigenvalue weighted by Crippen LogP contribution is -2.34. The summed E-state index contributed by atoms with van der Waals surface area (Å²) in [4.78, 5) is 2.53. The standard InChI is InChI=1S/C21H21N/c1-2-6-18(7-3-1)16-22-15-14-19-8-4-5-9-20(19)21(22)13-12-17-10-11-17/h1-9,17,21H,10-11,14-16H2. The van der Waals surface area contributed by atoms with Gasteiger partial charge in [0, 0.05) is 19.0 Å². The maximum Gasteiger partial charge on any atom is 0.0976 e. The number of benzene rings is 2. The molecule has 0 spiro atoms. The molecule has 2 aromatic rings. The summed E-state index contributed by atoms with van der Waals surface area (Å²) in [5, 5.41) is 0. The summed E-state index contributed by atoms with van der Waals surface area (Å²) in [6, 6.07) is 19.8. The molecule has 0 radical (unpaired) electrons. The van der Waals surface area contributed by atoms with Crippen molar-refractivity contribution in [3.05, 3.63) is 71.3 Å². The van der Waals surface area contributed by atoms with Gasteiger partial charge in [0.05, 0.1) is 6.04 Å². The van der Waals surface area contributed by atoms with E-state index in [-0.39, 0.29) is 6.04 Å². The first-order chi connectivity index (χ1) is 10.9. The highest BCUT2D eigenvalue weighted by molar-refractivity contribution is 5.38. The minimum atomic E-state index is 0.255. The van der Waals surface area contributed by atoms with Crippen LogP contribution in [0.25, 0.3) is 0 Å². The van der Waals surface area contributed by atoms with Crippen molar-refractivity contribution < 1.29 is 0 Å². The van der Waals surface area contributed by atoms with Crippen molar-refractivity contribution in [2.24, 2.45) is 5.92 Å². The lowest BCUT2D eigenvalue weighted by atomic mass is 9.92. The Morgan fingerprint density at radius 3 is 2.50 bits per heavy atom. The van der Waals surface area contributed by atoms with Crippen LogP contribution in [0.3, 0.4) is 0 Å². The lowest BCUT2D eigenvalue weighted by molar-refractivity contribution is 0.216. The van der Waals surface area contributed by atoms with E-state index in [4.69, 9.17) is 0 Å². The fourth-order valence-electron chi connectivity index (χ4n) is 3.20. The van der Waals surface area contributed by atoms with E-state index in [0.717, 1.165) is 19.5 Å². The minimum Gasteiger partial charge on any atom is -0.281 e. The van der Waals surface area contributed by atoms with E-state index >= 15 is 0 Å². The second-order valence-electron chi connectivity index (χ2n) is 6.37. The fourth-order valence-corrected chi connectivity index (χ4v) is 3.20. The smallest absolute Gasteiger partial charge is 0.0976 e. The van der Waals surface area contributed by atoms with Crippen LogP contribution in [0, 0.1) is 17.8 Å². The molecule has 0 bridgehead atoms. The molecule has 1 saturated carbocycles. The Morgan fingerprint density at radius 1 is 0.909 bits per heavy atom. The van der Waals surface area contributed by atoms with Crippen molar-refractivity contribution in [3.63, 3.8) is 0 Å². The molecule has 4 rings (SSSR count). The summed E-state index contributed by atoms with van der Waals surface area (Å²) < 4.78 is 0. The van der Waals surface area contributed by atoms with Gasteiger partial charge in [0.2, 0.25) is 0 Å². The molecule has 2 aromatic carbocycles. The first kappa shape index (κ1) is 13.6. The van der Waals surface area contributed by atoms with Gasteiger partial charge in [-0.1, -0.05) is 66.4 Å². The molecule has 22 heavy (non-hydrogen) atoms. The fraction of sp³-hybridized carbons (Fsp3) is 0.333. The molecule has 1 nitrogen and oxygen atoms in total. The van der Waals surface area contributed by atoms with Crippen molar-refractivity contribution in [2.45, 2.75) is 31.8 Å². The molecular weight excluding hydrogens is 266 g/mol. The van der Waals surface area contributed by atoms with Gasteiger partial charge in [0.15, 0.2) is 0 Å². The van der Waals surface area contributed by atoms with E-state index in [2.05, 4.69) is 71.3 Å². The zero-order chi connectivity index (χ0) is 14.8. The molecule has 1 fully saturated rings. The van der Waals surface area contributed by atoms with Gasteiger partial charge in [-0.2, -0.15) is 0 Å². The molecular formula is C21H21N. The van der Waals surface area contributed by atoms with Crippen molar-refractivity contribution in [2.75, 3.05) is 6.54 Å². The van der Waals surface area contributed by atoms with Gasteiger partial charge in [0.25, 0.3) is 0 Å². The van der Waals surface area contributed by atoms with Crippen molar-refractivity contribution >= 4 is 0 Å².